The molecular weight excluding hydrogens is 316 g/mol. The zero-order chi connectivity index (χ0) is 18.1. The topological polar surface area (TPSA) is 58.6 Å². The first-order valence-electron chi connectivity index (χ1n) is 8.41. The van der Waals surface area contributed by atoms with Gasteiger partial charge in [-0.3, -0.25) is 9.59 Å². The maximum absolute atomic E-state index is 11.9. The predicted molar refractivity (Wildman–Crippen MR) is 98.5 cm³/mol. The fraction of sp³-hybridized carbons (Fsp3) is 0.300. The minimum Gasteiger partial charge on any atom is -0.489 e. The second-order valence-corrected chi connectivity index (χ2v) is 5.64. The van der Waals surface area contributed by atoms with Crippen LogP contribution in [-0.4, -0.2) is 24.9 Å². The van der Waals surface area contributed by atoms with Gasteiger partial charge in [-0.2, -0.15) is 0 Å². The Kier molecular flexibility index (Phi) is 7.01. The highest BCUT2D eigenvalue weighted by Gasteiger charge is 2.11. The molecule has 0 aliphatic heterocycles. The molecule has 0 aliphatic rings. The van der Waals surface area contributed by atoms with E-state index in [1.54, 1.807) is 11.8 Å². The summed E-state index contributed by atoms with van der Waals surface area (Å²) in [5, 5.41) is 2.78. The fourth-order valence-corrected chi connectivity index (χ4v) is 2.36. The molecule has 132 valence electrons. The number of carbonyl (C=O) groups excluding carboxylic acids is 2. The standard InChI is InChI=1S/C20H24N2O3/c1-3-20(24)21-13-14-22(16(2)23)18-9-11-19(12-10-18)25-15-17-7-5-4-6-8-17/h4-12H,3,13-15H2,1-2H3,(H,21,24). The summed E-state index contributed by atoms with van der Waals surface area (Å²) in [4.78, 5) is 24.8. The van der Waals surface area contributed by atoms with E-state index in [9.17, 15) is 9.59 Å². The third kappa shape index (κ3) is 5.95. The number of amides is 2. The molecule has 0 radical (unpaired) electrons. The first-order chi connectivity index (χ1) is 12.1. The van der Waals surface area contributed by atoms with Crippen molar-refractivity contribution in [2.24, 2.45) is 0 Å². The molecule has 0 saturated heterocycles. The summed E-state index contributed by atoms with van der Waals surface area (Å²) in [5.74, 6) is 0.659. The molecule has 2 rings (SSSR count). The Morgan fingerprint density at radius 3 is 2.32 bits per heavy atom. The van der Waals surface area contributed by atoms with Crippen LogP contribution in [0, 0.1) is 0 Å². The van der Waals surface area contributed by atoms with Crippen LogP contribution in [0.3, 0.4) is 0 Å². The van der Waals surface area contributed by atoms with Crippen molar-refractivity contribution >= 4 is 17.5 Å². The molecule has 1 N–H and O–H groups in total. The maximum atomic E-state index is 11.9. The van der Waals surface area contributed by atoms with Gasteiger partial charge in [0.05, 0.1) is 0 Å². The van der Waals surface area contributed by atoms with E-state index in [2.05, 4.69) is 5.32 Å². The van der Waals surface area contributed by atoms with E-state index in [0.29, 0.717) is 26.1 Å². The van der Waals surface area contributed by atoms with E-state index in [-0.39, 0.29) is 11.8 Å². The van der Waals surface area contributed by atoms with E-state index < -0.39 is 0 Å². The normalized spacial score (nSPS) is 10.2. The largest absolute Gasteiger partial charge is 0.489 e. The van der Waals surface area contributed by atoms with Crippen LogP contribution in [0.5, 0.6) is 5.75 Å². The minimum atomic E-state index is -0.0660. The summed E-state index contributed by atoms with van der Waals surface area (Å²) in [6.45, 7) is 4.68. The van der Waals surface area contributed by atoms with Crippen molar-refractivity contribution in [3.8, 4) is 5.75 Å². The summed E-state index contributed by atoms with van der Waals surface area (Å²) in [6, 6.07) is 17.3. The van der Waals surface area contributed by atoms with Crippen LogP contribution in [0.1, 0.15) is 25.8 Å². The number of ether oxygens (including phenoxy) is 1. The first kappa shape index (κ1) is 18.5. The highest BCUT2D eigenvalue weighted by Crippen LogP contribution is 2.20. The van der Waals surface area contributed by atoms with Crippen LogP contribution in [0.2, 0.25) is 0 Å². The quantitative estimate of drug-likeness (QED) is 0.803. The molecule has 0 heterocycles. The zero-order valence-electron chi connectivity index (χ0n) is 14.7. The molecule has 25 heavy (non-hydrogen) atoms. The van der Waals surface area contributed by atoms with Gasteiger partial charge in [0.15, 0.2) is 0 Å². The van der Waals surface area contributed by atoms with Gasteiger partial charge in [0.2, 0.25) is 11.8 Å². The van der Waals surface area contributed by atoms with Gasteiger partial charge in [0.1, 0.15) is 12.4 Å². The molecule has 0 aromatic heterocycles. The lowest BCUT2D eigenvalue weighted by Crippen LogP contribution is -2.37. The molecule has 5 nitrogen and oxygen atoms in total. The number of anilines is 1. The minimum absolute atomic E-state index is 0.0202. The highest BCUT2D eigenvalue weighted by atomic mass is 16.5. The SMILES string of the molecule is CCC(=O)NCCN(C(C)=O)c1ccc(OCc2ccccc2)cc1. The number of rotatable bonds is 8. The third-order valence-corrected chi connectivity index (χ3v) is 3.76. The van der Waals surface area contributed by atoms with Gasteiger partial charge in [0, 0.05) is 32.1 Å². The average Bonchev–Trinajstić information content (AvgIpc) is 2.64. The lowest BCUT2D eigenvalue weighted by atomic mass is 10.2. The molecular formula is C20H24N2O3. The predicted octanol–water partition coefficient (Wildman–Crippen LogP) is 3.14. The van der Waals surface area contributed by atoms with Crippen molar-refractivity contribution in [1.29, 1.82) is 0 Å². The molecule has 0 atom stereocenters. The Morgan fingerprint density at radius 1 is 1.04 bits per heavy atom. The van der Waals surface area contributed by atoms with Gasteiger partial charge in [-0.15, -0.1) is 0 Å². The van der Waals surface area contributed by atoms with Crippen molar-refractivity contribution in [2.75, 3.05) is 18.0 Å². The van der Waals surface area contributed by atoms with Gasteiger partial charge >= 0.3 is 0 Å². The third-order valence-electron chi connectivity index (χ3n) is 3.76. The van der Waals surface area contributed by atoms with Crippen molar-refractivity contribution in [3.05, 3.63) is 60.2 Å². The number of nitrogens with zero attached hydrogens (tertiary/aromatic N) is 1. The first-order valence-corrected chi connectivity index (χ1v) is 8.41. The summed E-state index contributed by atoms with van der Waals surface area (Å²) < 4.78 is 5.75. The Balaban J connectivity index is 1.93. The lowest BCUT2D eigenvalue weighted by molar-refractivity contribution is -0.121. The molecule has 2 aromatic carbocycles. The van der Waals surface area contributed by atoms with Gasteiger partial charge in [-0.1, -0.05) is 37.3 Å². The smallest absolute Gasteiger partial charge is 0.223 e. The molecule has 2 aromatic rings. The van der Waals surface area contributed by atoms with Crippen LogP contribution < -0.4 is 15.0 Å². The fourth-order valence-electron chi connectivity index (χ4n) is 2.36. The number of carbonyl (C=O) groups is 2. The second-order valence-electron chi connectivity index (χ2n) is 5.64. The Hall–Kier alpha value is -2.82. The maximum Gasteiger partial charge on any atom is 0.223 e. The van der Waals surface area contributed by atoms with Gasteiger partial charge in [-0.05, 0) is 29.8 Å². The number of benzene rings is 2. The number of hydrogen-bond acceptors (Lipinski definition) is 3. The number of hydrogen-bond donors (Lipinski definition) is 1. The van der Waals surface area contributed by atoms with E-state index >= 15 is 0 Å². The molecule has 0 aliphatic carbocycles. The Morgan fingerprint density at radius 2 is 1.72 bits per heavy atom. The van der Waals surface area contributed by atoms with E-state index in [1.807, 2.05) is 54.6 Å². The molecule has 2 amide bonds. The van der Waals surface area contributed by atoms with Gasteiger partial charge < -0.3 is 15.0 Å². The van der Waals surface area contributed by atoms with Crippen LogP contribution in [-0.2, 0) is 16.2 Å². The van der Waals surface area contributed by atoms with Crippen molar-refractivity contribution in [1.82, 2.24) is 5.32 Å². The van der Waals surface area contributed by atoms with Crippen LogP contribution in [0.4, 0.5) is 5.69 Å². The lowest BCUT2D eigenvalue weighted by Gasteiger charge is -2.21. The van der Waals surface area contributed by atoms with Crippen molar-refractivity contribution in [2.45, 2.75) is 26.9 Å². The van der Waals surface area contributed by atoms with Gasteiger partial charge in [-0.25, -0.2) is 0 Å². The summed E-state index contributed by atoms with van der Waals surface area (Å²) in [6.07, 6.45) is 0.438. The summed E-state index contributed by atoms with van der Waals surface area (Å²) >= 11 is 0. The average molecular weight is 340 g/mol. The Bertz CT molecular complexity index is 684. The molecule has 0 unspecified atom stereocenters. The number of nitrogens with one attached hydrogen (secondary N) is 1. The van der Waals surface area contributed by atoms with Crippen LogP contribution in [0.15, 0.2) is 54.6 Å². The van der Waals surface area contributed by atoms with E-state index in [0.717, 1.165) is 17.0 Å². The van der Waals surface area contributed by atoms with Crippen molar-refractivity contribution in [3.63, 3.8) is 0 Å². The molecule has 5 heteroatoms. The second kappa shape index (κ2) is 9.47. The van der Waals surface area contributed by atoms with Crippen molar-refractivity contribution < 1.29 is 14.3 Å². The molecule has 0 saturated carbocycles. The Labute approximate surface area is 148 Å². The molecule has 0 bridgehead atoms. The van der Waals surface area contributed by atoms with E-state index in [1.165, 1.54) is 6.92 Å². The summed E-state index contributed by atoms with van der Waals surface area (Å²) in [5.41, 5.74) is 1.88. The van der Waals surface area contributed by atoms with E-state index in [4.69, 9.17) is 4.74 Å². The van der Waals surface area contributed by atoms with Crippen LogP contribution in [0.25, 0.3) is 0 Å². The zero-order valence-corrected chi connectivity index (χ0v) is 14.7. The monoisotopic (exact) mass is 340 g/mol. The summed E-state index contributed by atoms with van der Waals surface area (Å²) in [7, 11) is 0. The highest BCUT2D eigenvalue weighted by molar-refractivity contribution is 5.91. The van der Waals surface area contributed by atoms with Gasteiger partial charge in [0.25, 0.3) is 0 Å². The molecule has 0 spiro atoms. The van der Waals surface area contributed by atoms with Crippen LogP contribution >= 0.6 is 0 Å². The molecule has 0 fully saturated rings.